The molecule has 0 N–H and O–H groups in total. The highest BCUT2D eigenvalue weighted by Crippen LogP contribution is 2.39. The number of azide groups is 1. The van der Waals surface area contributed by atoms with E-state index in [1.165, 1.54) is 7.11 Å². The van der Waals surface area contributed by atoms with E-state index in [1.807, 2.05) is 6.07 Å². The summed E-state index contributed by atoms with van der Waals surface area (Å²) < 4.78 is 57.8. The fraction of sp³-hybridized carbons (Fsp3) is 0.643. The van der Waals surface area contributed by atoms with Crippen LogP contribution in [0.1, 0.15) is 39.5 Å². The van der Waals surface area contributed by atoms with E-state index in [-0.39, 0.29) is 6.61 Å². The van der Waals surface area contributed by atoms with E-state index in [9.17, 15) is 24.7 Å². The molecule has 1 aromatic rings. The maximum atomic E-state index is 12.3. The molecule has 3 aliphatic rings. The van der Waals surface area contributed by atoms with Crippen LogP contribution in [0.25, 0.3) is 10.4 Å². The highest BCUT2D eigenvalue weighted by molar-refractivity contribution is 5.68. The van der Waals surface area contributed by atoms with Gasteiger partial charge in [-0.25, -0.2) is 0 Å². The van der Waals surface area contributed by atoms with E-state index in [2.05, 4.69) is 10.0 Å². The van der Waals surface area contributed by atoms with Crippen LogP contribution < -0.4 is 0 Å². The maximum absolute atomic E-state index is 12.3. The van der Waals surface area contributed by atoms with Crippen molar-refractivity contribution in [3.8, 4) is 0 Å². The first kappa shape index (κ1) is 34.1. The average molecular weight is 638 g/mol. The number of carbonyl (C=O) groups is 4. The van der Waals surface area contributed by atoms with Gasteiger partial charge in [-0.1, -0.05) is 35.4 Å². The highest BCUT2D eigenvalue weighted by atomic mass is 16.8. The summed E-state index contributed by atoms with van der Waals surface area (Å²) in [5, 5.41) is 3.86. The van der Waals surface area contributed by atoms with Gasteiger partial charge in [-0.3, -0.25) is 19.2 Å². The third kappa shape index (κ3) is 8.46. The molecule has 4 rings (SSSR count). The fourth-order valence-corrected chi connectivity index (χ4v) is 5.33. The molecule has 0 radical (unpaired) electrons. The summed E-state index contributed by atoms with van der Waals surface area (Å²) in [4.78, 5) is 51.2. The minimum atomic E-state index is -1.58. The van der Waals surface area contributed by atoms with Crippen LogP contribution in [0.2, 0.25) is 0 Å². The number of fused-ring (bicyclic) bond motifs is 1. The Morgan fingerprint density at radius 1 is 0.844 bits per heavy atom. The van der Waals surface area contributed by atoms with Crippen molar-refractivity contribution >= 4 is 23.9 Å². The van der Waals surface area contributed by atoms with E-state index < -0.39 is 98.1 Å². The third-order valence-electron chi connectivity index (χ3n) is 7.04. The van der Waals surface area contributed by atoms with Crippen LogP contribution in [0.4, 0.5) is 0 Å². The zero-order chi connectivity index (χ0) is 32.7. The van der Waals surface area contributed by atoms with Crippen molar-refractivity contribution in [2.45, 2.75) is 95.3 Å². The van der Waals surface area contributed by atoms with E-state index in [0.717, 1.165) is 27.7 Å². The number of benzene rings is 1. The van der Waals surface area contributed by atoms with Gasteiger partial charge in [-0.05, 0) is 5.53 Å². The molecule has 0 aliphatic carbocycles. The van der Waals surface area contributed by atoms with Crippen LogP contribution >= 0.6 is 0 Å². The van der Waals surface area contributed by atoms with Crippen molar-refractivity contribution in [2.75, 3.05) is 20.3 Å². The van der Waals surface area contributed by atoms with Gasteiger partial charge < -0.3 is 47.4 Å². The van der Waals surface area contributed by atoms with Crippen molar-refractivity contribution in [2.24, 2.45) is 5.11 Å². The first-order valence-corrected chi connectivity index (χ1v) is 14.0. The molecular formula is C28H35N3O14. The third-order valence-corrected chi connectivity index (χ3v) is 7.04. The second kappa shape index (κ2) is 15.4. The molecule has 0 bridgehead atoms. The van der Waals surface area contributed by atoms with Gasteiger partial charge in [-0.15, -0.1) is 0 Å². The van der Waals surface area contributed by atoms with E-state index >= 15 is 0 Å². The number of hydrogen-bond acceptors (Lipinski definition) is 15. The molecule has 17 nitrogen and oxygen atoms in total. The number of ether oxygens (including phenoxy) is 10. The molecule has 3 heterocycles. The van der Waals surface area contributed by atoms with Crippen LogP contribution in [-0.2, 0) is 66.5 Å². The normalized spacial score (nSPS) is 34.3. The lowest BCUT2D eigenvalue weighted by atomic mass is 9.94. The van der Waals surface area contributed by atoms with Crippen LogP contribution in [0.3, 0.4) is 0 Å². The number of carbonyl (C=O) groups excluding carboxylic acids is 4. The summed E-state index contributed by atoms with van der Waals surface area (Å²) in [5.41, 5.74) is 10.1. The molecule has 246 valence electrons. The topological polar surface area (TPSA) is 209 Å². The van der Waals surface area contributed by atoms with Crippen LogP contribution in [-0.4, -0.2) is 106 Å². The van der Waals surface area contributed by atoms with Gasteiger partial charge in [0.2, 0.25) is 0 Å². The quantitative estimate of drug-likeness (QED) is 0.117. The fourth-order valence-electron chi connectivity index (χ4n) is 5.33. The maximum Gasteiger partial charge on any atom is 0.303 e. The Kier molecular flexibility index (Phi) is 11.7. The number of methoxy groups -OCH3 is 1. The summed E-state index contributed by atoms with van der Waals surface area (Å²) in [5.74, 6) is -3.08. The van der Waals surface area contributed by atoms with Gasteiger partial charge in [0, 0.05) is 45.3 Å². The van der Waals surface area contributed by atoms with E-state index in [0.29, 0.717) is 5.56 Å². The summed E-state index contributed by atoms with van der Waals surface area (Å²) in [6, 6.07) is 7.86. The second-order valence-corrected chi connectivity index (χ2v) is 10.3. The van der Waals surface area contributed by atoms with Crippen molar-refractivity contribution in [1.82, 2.24) is 0 Å². The smallest absolute Gasteiger partial charge is 0.303 e. The molecule has 0 amide bonds. The summed E-state index contributed by atoms with van der Waals surface area (Å²) >= 11 is 0. The molecule has 3 fully saturated rings. The van der Waals surface area contributed by atoms with E-state index in [1.54, 1.807) is 24.3 Å². The van der Waals surface area contributed by atoms with Crippen LogP contribution in [0.5, 0.6) is 0 Å². The van der Waals surface area contributed by atoms with Gasteiger partial charge in [0.15, 0.2) is 37.2 Å². The first-order chi connectivity index (χ1) is 21.5. The monoisotopic (exact) mass is 637 g/mol. The van der Waals surface area contributed by atoms with Crippen molar-refractivity contribution in [3.63, 3.8) is 0 Å². The minimum absolute atomic E-state index is 0.0332. The second-order valence-electron chi connectivity index (χ2n) is 10.3. The van der Waals surface area contributed by atoms with Gasteiger partial charge in [0.25, 0.3) is 0 Å². The summed E-state index contributed by atoms with van der Waals surface area (Å²) in [6.07, 6.45) is -12.2. The summed E-state index contributed by atoms with van der Waals surface area (Å²) in [7, 11) is 1.34. The minimum Gasteiger partial charge on any atom is -0.463 e. The number of hydrogen-bond donors (Lipinski definition) is 0. The SMILES string of the molecule is CO[C@H]1O[C@@H]2COC(c3ccccc3)O[C@@H]2[C@H](O[C@@H]2O[C@H](COC(C)=O)[C@H](OC(C)=O)[C@H](OC(C)=O)[C@H]2OC(C)=O)[C@H]1N=[N+]=[N-]. The zero-order valence-corrected chi connectivity index (χ0v) is 25.2. The van der Waals surface area contributed by atoms with Crippen molar-refractivity contribution < 1.29 is 66.5 Å². The molecule has 3 saturated heterocycles. The van der Waals surface area contributed by atoms with Crippen LogP contribution in [0, 0.1) is 0 Å². The van der Waals surface area contributed by atoms with Gasteiger partial charge in [0.05, 0.1) is 6.61 Å². The summed E-state index contributed by atoms with van der Waals surface area (Å²) in [6.45, 7) is 4.05. The van der Waals surface area contributed by atoms with Crippen molar-refractivity contribution in [1.29, 1.82) is 0 Å². The number of esters is 4. The largest absolute Gasteiger partial charge is 0.463 e. The lowest BCUT2D eigenvalue weighted by molar-refractivity contribution is -0.374. The molecule has 0 spiro atoms. The number of nitrogens with zero attached hydrogens (tertiary/aromatic N) is 3. The number of rotatable bonds is 10. The Morgan fingerprint density at radius 3 is 2.09 bits per heavy atom. The molecule has 1 unspecified atom stereocenters. The van der Waals surface area contributed by atoms with Gasteiger partial charge in [0.1, 0.15) is 37.1 Å². The average Bonchev–Trinajstić information content (AvgIpc) is 2.99. The standard InChI is InChI=1S/C28H35N3O14/c1-13(32)37-11-18-22(39-14(2)33)24(40-15(3)34)25(41-16(4)35)28(43-18)45-23-20(30-31-29)27(36-5)42-19-12-38-26(44-21(19)23)17-9-7-6-8-10-17/h6-10,18-28H,11-12H2,1-5H3/t18-,19-,20-,21+,22+,23-,24+,25-,26?,27+,28+/m1/s1. The van der Waals surface area contributed by atoms with Crippen LogP contribution in [0.15, 0.2) is 35.4 Å². The predicted molar refractivity (Wildman–Crippen MR) is 145 cm³/mol. The molecule has 3 aliphatic heterocycles. The Hall–Kier alpha value is -3.83. The van der Waals surface area contributed by atoms with Gasteiger partial charge in [-0.2, -0.15) is 0 Å². The Bertz CT molecular complexity index is 1260. The Morgan fingerprint density at radius 2 is 1.49 bits per heavy atom. The lowest BCUT2D eigenvalue weighted by Crippen LogP contribution is -2.67. The molecule has 17 heteroatoms. The van der Waals surface area contributed by atoms with Gasteiger partial charge >= 0.3 is 23.9 Å². The first-order valence-electron chi connectivity index (χ1n) is 14.0. The highest BCUT2D eigenvalue weighted by Gasteiger charge is 2.57. The Labute approximate surface area is 257 Å². The van der Waals surface area contributed by atoms with E-state index in [4.69, 9.17) is 47.4 Å². The molecule has 11 atom stereocenters. The molecule has 0 saturated carbocycles. The lowest BCUT2D eigenvalue weighted by Gasteiger charge is -2.50. The zero-order valence-electron chi connectivity index (χ0n) is 25.2. The molecule has 0 aromatic heterocycles. The molecule has 45 heavy (non-hydrogen) atoms. The van der Waals surface area contributed by atoms with Crippen molar-refractivity contribution in [3.05, 3.63) is 46.3 Å². The predicted octanol–water partition coefficient (Wildman–Crippen LogP) is 1.62. The molecule has 1 aromatic carbocycles. The molecular weight excluding hydrogens is 602 g/mol. The Balaban J connectivity index is 1.75.